The molecule has 0 spiro atoms. The fourth-order valence-electron chi connectivity index (χ4n) is 3.08. The molecule has 5 nitrogen and oxygen atoms in total. The van der Waals surface area contributed by atoms with Crippen molar-refractivity contribution in [1.29, 1.82) is 0 Å². The molecular weight excluding hydrogens is 240 g/mol. The molecule has 0 bridgehead atoms. The van der Waals surface area contributed by atoms with Crippen molar-refractivity contribution < 1.29 is 4.79 Å². The first-order chi connectivity index (χ1) is 9.09. The smallest absolute Gasteiger partial charge is 0.164 e. The van der Waals surface area contributed by atoms with Gasteiger partial charge in [0.2, 0.25) is 0 Å². The Hall–Kier alpha value is -1.91. The van der Waals surface area contributed by atoms with E-state index in [-0.39, 0.29) is 11.8 Å². The number of hydrogen-bond acceptors (Lipinski definition) is 3. The maximum atomic E-state index is 12.0. The third kappa shape index (κ3) is 1.80. The Balaban J connectivity index is 2.11. The van der Waals surface area contributed by atoms with E-state index in [1.54, 1.807) is 6.33 Å². The summed E-state index contributed by atoms with van der Waals surface area (Å²) < 4.78 is 4.16. The topological polar surface area (TPSA) is 52.7 Å². The summed E-state index contributed by atoms with van der Waals surface area (Å²) in [4.78, 5) is 12.0. The van der Waals surface area contributed by atoms with Crippen LogP contribution in [-0.2, 0) is 13.5 Å². The van der Waals surface area contributed by atoms with Crippen molar-refractivity contribution in [2.75, 3.05) is 0 Å². The molecule has 1 aliphatic rings. The van der Waals surface area contributed by atoms with Gasteiger partial charge < -0.3 is 9.13 Å². The van der Waals surface area contributed by atoms with Gasteiger partial charge in [-0.1, -0.05) is 0 Å². The maximum absolute atomic E-state index is 12.0. The molecular formula is C14H18N4O. The molecule has 1 unspecified atom stereocenters. The molecule has 3 rings (SSSR count). The summed E-state index contributed by atoms with van der Waals surface area (Å²) in [7, 11) is 1.95. The molecule has 19 heavy (non-hydrogen) atoms. The molecule has 0 aromatic carbocycles. The number of nitrogens with zero attached hydrogens (tertiary/aromatic N) is 4. The predicted molar refractivity (Wildman–Crippen MR) is 71.3 cm³/mol. The molecule has 2 aromatic heterocycles. The van der Waals surface area contributed by atoms with Crippen LogP contribution in [0.1, 0.15) is 53.4 Å². The number of hydrogen-bond donors (Lipinski definition) is 0. The zero-order valence-electron chi connectivity index (χ0n) is 11.6. The quantitative estimate of drug-likeness (QED) is 0.828. The molecule has 1 atom stereocenters. The number of rotatable bonds is 2. The van der Waals surface area contributed by atoms with Crippen molar-refractivity contribution >= 4 is 5.78 Å². The second-order valence-electron chi connectivity index (χ2n) is 5.27. The summed E-state index contributed by atoms with van der Waals surface area (Å²) in [6, 6.07) is 2.12. The van der Waals surface area contributed by atoms with E-state index in [0.29, 0.717) is 6.42 Å². The summed E-state index contributed by atoms with van der Waals surface area (Å²) in [6.45, 7) is 4.16. The van der Waals surface area contributed by atoms with Crippen LogP contribution in [0, 0.1) is 6.92 Å². The Morgan fingerprint density at radius 1 is 1.37 bits per heavy atom. The van der Waals surface area contributed by atoms with Gasteiger partial charge in [-0.2, -0.15) is 0 Å². The minimum absolute atomic E-state index is 0.0992. The van der Waals surface area contributed by atoms with E-state index in [0.717, 1.165) is 35.6 Å². The third-order valence-electron chi connectivity index (χ3n) is 3.96. The average molecular weight is 258 g/mol. The van der Waals surface area contributed by atoms with Gasteiger partial charge in [-0.05, 0) is 32.8 Å². The molecule has 2 heterocycles. The highest BCUT2D eigenvalue weighted by atomic mass is 16.1. The van der Waals surface area contributed by atoms with Crippen molar-refractivity contribution in [1.82, 2.24) is 19.3 Å². The van der Waals surface area contributed by atoms with Crippen molar-refractivity contribution in [3.63, 3.8) is 0 Å². The fourth-order valence-corrected chi connectivity index (χ4v) is 3.08. The lowest BCUT2D eigenvalue weighted by atomic mass is 9.96. The average Bonchev–Trinajstić information content (AvgIpc) is 2.93. The fraction of sp³-hybridized carbons (Fsp3) is 0.500. The molecule has 0 amide bonds. The number of carbonyl (C=O) groups is 1. The molecule has 5 heteroatoms. The Morgan fingerprint density at radius 2 is 2.16 bits per heavy atom. The largest absolute Gasteiger partial charge is 0.338 e. The molecule has 0 saturated carbocycles. The first-order valence-electron chi connectivity index (χ1n) is 6.67. The minimum atomic E-state index is 0.0992. The summed E-state index contributed by atoms with van der Waals surface area (Å²) in [6.07, 6.45) is 4.30. The van der Waals surface area contributed by atoms with Crippen LogP contribution in [0.5, 0.6) is 0 Å². The van der Waals surface area contributed by atoms with Gasteiger partial charge in [0.05, 0.1) is 6.04 Å². The molecule has 2 aromatic rings. The molecule has 1 aliphatic carbocycles. The van der Waals surface area contributed by atoms with Crippen molar-refractivity contribution in [2.24, 2.45) is 7.05 Å². The second-order valence-corrected chi connectivity index (χ2v) is 5.27. The Kier molecular flexibility index (Phi) is 2.77. The van der Waals surface area contributed by atoms with E-state index in [4.69, 9.17) is 0 Å². The molecule has 100 valence electrons. The highest BCUT2D eigenvalue weighted by Gasteiger charge is 2.26. The van der Waals surface area contributed by atoms with Gasteiger partial charge in [-0.3, -0.25) is 4.79 Å². The molecule has 0 N–H and O–H groups in total. The Labute approximate surface area is 112 Å². The van der Waals surface area contributed by atoms with Crippen molar-refractivity contribution in [3.8, 4) is 0 Å². The lowest BCUT2D eigenvalue weighted by Gasteiger charge is -2.21. The lowest BCUT2D eigenvalue weighted by molar-refractivity contribution is 0.0971. The molecule has 0 fully saturated rings. The van der Waals surface area contributed by atoms with Crippen LogP contribution >= 0.6 is 0 Å². The number of carbonyl (C=O) groups excluding carboxylic acids is 1. The highest BCUT2D eigenvalue weighted by molar-refractivity contribution is 5.98. The Morgan fingerprint density at radius 3 is 2.84 bits per heavy atom. The SMILES string of the molecule is Cc1cc2c(n1C(C)c1nncn1C)CCCC2=O. The van der Waals surface area contributed by atoms with E-state index in [1.165, 1.54) is 0 Å². The van der Waals surface area contributed by atoms with E-state index >= 15 is 0 Å². The van der Waals surface area contributed by atoms with Crippen LogP contribution in [0.3, 0.4) is 0 Å². The summed E-state index contributed by atoms with van der Waals surface area (Å²) in [5, 5.41) is 8.13. The van der Waals surface area contributed by atoms with Crippen LogP contribution in [0.25, 0.3) is 0 Å². The van der Waals surface area contributed by atoms with Gasteiger partial charge >= 0.3 is 0 Å². The molecule has 0 saturated heterocycles. The van der Waals surface area contributed by atoms with Crippen LogP contribution in [-0.4, -0.2) is 25.1 Å². The predicted octanol–water partition coefficient (Wildman–Crippen LogP) is 2.05. The van der Waals surface area contributed by atoms with E-state index in [2.05, 4.69) is 28.6 Å². The van der Waals surface area contributed by atoms with Gasteiger partial charge in [0.25, 0.3) is 0 Å². The van der Waals surface area contributed by atoms with E-state index in [1.807, 2.05) is 17.7 Å². The lowest BCUT2D eigenvalue weighted by Crippen LogP contribution is -2.19. The molecule has 0 aliphatic heterocycles. The van der Waals surface area contributed by atoms with E-state index in [9.17, 15) is 4.79 Å². The first kappa shape index (κ1) is 12.1. The van der Waals surface area contributed by atoms with Crippen LogP contribution < -0.4 is 0 Å². The van der Waals surface area contributed by atoms with Gasteiger partial charge in [0, 0.05) is 30.4 Å². The van der Waals surface area contributed by atoms with Crippen LogP contribution in [0.2, 0.25) is 0 Å². The standard InChI is InChI=1S/C14H18N4O/c1-9-7-11-12(5-4-6-13(11)19)18(9)10(2)14-16-15-8-17(14)3/h7-8,10H,4-6H2,1-3H3. The van der Waals surface area contributed by atoms with Crippen LogP contribution in [0.15, 0.2) is 12.4 Å². The van der Waals surface area contributed by atoms with Gasteiger partial charge in [0.1, 0.15) is 6.33 Å². The summed E-state index contributed by atoms with van der Waals surface area (Å²) in [5.74, 6) is 1.19. The van der Waals surface area contributed by atoms with Crippen molar-refractivity contribution in [3.05, 3.63) is 35.2 Å². The third-order valence-corrected chi connectivity index (χ3v) is 3.96. The van der Waals surface area contributed by atoms with Gasteiger partial charge in [0.15, 0.2) is 11.6 Å². The number of Topliss-reactive ketones (excluding diaryl/α,β-unsaturated/α-hetero) is 1. The minimum Gasteiger partial charge on any atom is -0.338 e. The number of fused-ring (bicyclic) bond motifs is 1. The summed E-state index contributed by atoms with van der Waals surface area (Å²) >= 11 is 0. The second kappa shape index (κ2) is 4.33. The first-order valence-corrected chi connectivity index (χ1v) is 6.67. The number of aryl methyl sites for hydroxylation is 2. The van der Waals surface area contributed by atoms with Crippen molar-refractivity contribution in [2.45, 2.75) is 39.2 Å². The zero-order valence-corrected chi connectivity index (χ0v) is 11.6. The normalized spacial score (nSPS) is 16.5. The van der Waals surface area contributed by atoms with Gasteiger partial charge in [-0.15, -0.1) is 10.2 Å². The van der Waals surface area contributed by atoms with Crippen LogP contribution in [0.4, 0.5) is 0 Å². The maximum Gasteiger partial charge on any atom is 0.164 e. The number of ketones is 1. The molecule has 0 radical (unpaired) electrons. The number of aromatic nitrogens is 4. The summed E-state index contributed by atoms with van der Waals surface area (Å²) in [5.41, 5.74) is 3.18. The van der Waals surface area contributed by atoms with E-state index < -0.39 is 0 Å². The van der Waals surface area contributed by atoms with Gasteiger partial charge in [-0.25, -0.2) is 0 Å². The zero-order chi connectivity index (χ0) is 13.6. The monoisotopic (exact) mass is 258 g/mol. The highest BCUT2D eigenvalue weighted by Crippen LogP contribution is 2.29. The Bertz CT molecular complexity index is 638.